The molecule has 1 aromatic rings. The van der Waals surface area contributed by atoms with Gasteiger partial charge in [0.05, 0.1) is 6.42 Å². The molecule has 0 unspecified atom stereocenters. The molecule has 0 atom stereocenters. The number of carbonyl (C=O) groups excluding carboxylic acids is 1. The molecule has 1 heterocycles. The number of aliphatic hydroxyl groups is 1. The van der Waals surface area contributed by atoms with Gasteiger partial charge >= 0.3 is 0 Å². The standard InChI is InChI=1S/C12H19NO2S/c1-10(2)13(5-3-6-14)12(15)8-11-4-7-16-9-11/h4,7,9-10,14H,3,5-6,8H2,1-2H3. The Hall–Kier alpha value is -0.870. The van der Waals surface area contributed by atoms with Crippen molar-refractivity contribution < 1.29 is 9.90 Å². The van der Waals surface area contributed by atoms with Crippen LogP contribution in [0.1, 0.15) is 25.8 Å². The summed E-state index contributed by atoms with van der Waals surface area (Å²) in [6.07, 6.45) is 1.11. The molecular formula is C12H19NO2S. The van der Waals surface area contributed by atoms with E-state index in [9.17, 15) is 4.79 Å². The highest BCUT2D eigenvalue weighted by atomic mass is 32.1. The molecule has 16 heavy (non-hydrogen) atoms. The van der Waals surface area contributed by atoms with Crippen molar-refractivity contribution in [2.24, 2.45) is 0 Å². The van der Waals surface area contributed by atoms with Gasteiger partial charge in [0.2, 0.25) is 5.91 Å². The Morgan fingerprint density at radius 1 is 1.56 bits per heavy atom. The summed E-state index contributed by atoms with van der Waals surface area (Å²) in [5.74, 6) is 0.141. The van der Waals surface area contributed by atoms with Gasteiger partial charge in [0.15, 0.2) is 0 Å². The second-order valence-corrected chi connectivity index (χ2v) is 4.85. The number of hydrogen-bond acceptors (Lipinski definition) is 3. The molecule has 0 saturated carbocycles. The molecule has 4 heteroatoms. The molecule has 1 rings (SSSR count). The maximum atomic E-state index is 12.0. The Morgan fingerprint density at radius 3 is 2.81 bits per heavy atom. The fraction of sp³-hybridized carbons (Fsp3) is 0.583. The lowest BCUT2D eigenvalue weighted by Crippen LogP contribution is -2.38. The van der Waals surface area contributed by atoms with Crippen LogP contribution >= 0.6 is 11.3 Å². The van der Waals surface area contributed by atoms with E-state index < -0.39 is 0 Å². The monoisotopic (exact) mass is 241 g/mol. The highest BCUT2D eigenvalue weighted by Gasteiger charge is 2.16. The normalized spacial score (nSPS) is 10.8. The number of rotatable bonds is 6. The van der Waals surface area contributed by atoms with E-state index in [1.807, 2.05) is 35.6 Å². The molecule has 90 valence electrons. The zero-order chi connectivity index (χ0) is 12.0. The summed E-state index contributed by atoms with van der Waals surface area (Å²) in [7, 11) is 0. The SMILES string of the molecule is CC(C)N(CCCO)C(=O)Cc1ccsc1. The first-order valence-electron chi connectivity index (χ1n) is 5.56. The first-order chi connectivity index (χ1) is 7.65. The van der Waals surface area contributed by atoms with Crippen LogP contribution in [0.2, 0.25) is 0 Å². The molecule has 0 aliphatic heterocycles. The van der Waals surface area contributed by atoms with Gasteiger partial charge in [-0.1, -0.05) is 0 Å². The number of nitrogens with zero attached hydrogens (tertiary/aromatic N) is 1. The van der Waals surface area contributed by atoms with E-state index in [0.29, 0.717) is 19.4 Å². The van der Waals surface area contributed by atoms with Crippen LogP contribution in [0.5, 0.6) is 0 Å². The van der Waals surface area contributed by atoms with Gasteiger partial charge in [-0.3, -0.25) is 4.79 Å². The summed E-state index contributed by atoms with van der Waals surface area (Å²) in [6, 6.07) is 2.17. The van der Waals surface area contributed by atoms with Crippen molar-refractivity contribution in [3.8, 4) is 0 Å². The molecule has 1 amide bonds. The molecule has 0 aromatic carbocycles. The largest absolute Gasteiger partial charge is 0.396 e. The van der Waals surface area contributed by atoms with Crippen LogP contribution in [0.4, 0.5) is 0 Å². The van der Waals surface area contributed by atoms with Crippen LogP contribution in [0.3, 0.4) is 0 Å². The predicted molar refractivity (Wildman–Crippen MR) is 66.6 cm³/mol. The van der Waals surface area contributed by atoms with Gasteiger partial charge in [0.1, 0.15) is 0 Å². The van der Waals surface area contributed by atoms with E-state index in [0.717, 1.165) is 5.56 Å². The van der Waals surface area contributed by atoms with Gasteiger partial charge in [0.25, 0.3) is 0 Å². The molecule has 0 saturated heterocycles. The maximum absolute atomic E-state index is 12.0. The Labute approximate surface area is 101 Å². The number of hydrogen-bond donors (Lipinski definition) is 1. The third-order valence-corrected chi connectivity index (χ3v) is 3.17. The maximum Gasteiger partial charge on any atom is 0.227 e. The molecular weight excluding hydrogens is 222 g/mol. The van der Waals surface area contributed by atoms with Crippen molar-refractivity contribution in [3.63, 3.8) is 0 Å². The molecule has 0 bridgehead atoms. The van der Waals surface area contributed by atoms with E-state index in [-0.39, 0.29) is 18.6 Å². The topological polar surface area (TPSA) is 40.5 Å². The molecule has 0 spiro atoms. The van der Waals surface area contributed by atoms with Crippen LogP contribution < -0.4 is 0 Å². The molecule has 1 aromatic heterocycles. The summed E-state index contributed by atoms with van der Waals surface area (Å²) >= 11 is 1.61. The van der Waals surface area contributed by atoms with E-state index in [1.165, 1.54) is 0 Å². The first-order valence-corrected chi connectivity index (χ1v) is 6.51. The van der Waals surface area contributed by atoms with Crippen LogP contribution in [0.15, 0.2) is 16.8 Å². The number of amides is 1. The van der Waals surface area contributed by atoms with Crippen molar-refractivity contribution >= 4 is 17.2 Å². The minimum absolute atomic E-state index is 0.134. The Kier molecular flexibility index (Phi) is 5.49. The van der Waals surface area contributed by atoms with Gasteiger partial charge in [-0.25, -0.2) is 0 Å². The molecule has 0 aliphatic rings. The van der Waals surface area contributed by atoms with Crippen molar-refractivity contribution in [2.75, 3.05) is 13.2 Å². The van der Waals surface area contributed by atoms with Crippen LogP contribution in [-0.4, -0.2) is 35.1 Å². The van der Waals surface area contributed by atoms with Gasteiger partial charge < -0.3 is 10.0 Å². The zero-order valence-corrected chi connectivity index (χ0v) is 10.7. The van der Waals surface area contributed by atoms with E-state index >= 15 is 0 Å². The van der Waals surface area contributed by atoms with Gasteiger partial charge in [-0.2, -0.15) is 11.3 Å². The summed E-state index contributed by atoms with van der Waals surface area (Å²) in [5.41, 5.74) is 1.07. The average Bonchev–Trinajstić information content (AvgIpc) is 2.70. The van der Waals surface area contributed by atoms with Crippen molar-refractivity contribution in [1.82, 2.24) is 4.90 Å². The Balaban J connectivity index is 2.53. The Morgan fingerprint density at radius 2 is 2.31 bits per heavy atom. The highest BCUT2D eigenvalue weighted by molar-refractivity contribution is 7.07. The second-order valence-electron chi connectivity index (χ2n) is 4.07. The predicted octanol–water partition coefficient (Wildman–Crippen LogP) is 1.91. The van der Waals surface area contributed by atoms with Crippen LogP contribution in [-0.2, 0) is 11.2 Å². The van der Waals surface area contributed by atoms with Crippen LogP contribution in [0, 0.1) is 0 Å². The molecule has 3 nitrogen and oxygen atoms in total. The molecule has 0 fully saturated rings. The Bertz CT molecular complexity index is 309. The van der Waals surface area contributed by atoms with Gasteiger partial charge in [-0.05, 0) is 42.7 Å². The van der Waals surface area contributed by atoms with E-state index in [1.54, 1.807) is 11.3 Å². The van der Waals surface area contributed by atoms with E-state index in [2.05, 4.69) is 0 Å². The number of thiophene rings is 1. The molecule has 0 radical (unpaired) electrons. The lowest BCUT2D eigenvalue weighted by Gasteiger charge is -2.26. The minimum atomic E-state index is 0.134. The minimum Gasteiger partial charge on any atom is -0.396 e. The summed E-state index contributed by atoms with van der Waals surface area (Å²) < 4.78 is 0. The van der Waals surface area contributed by atoms with Gasteiger partial charge in [0, 0.05) is 19.2 Å². The number of aliphatic hydroxyl groups excluding tert-OH is 1. The van der Waals surface area contributed by atoms with Crippen molar-refractivity contribution in [2.45, 2.75) is 32.7 Å². The summed E-state index contributed by atoms with van der Waals surface area (Å²) in [5, 5.41) is 12.8. The zero-order valence-electron chi connectivity index (χ0n) is 9.85. The van der Waals surface area contributed by atoms with Crippen molar-refractivity contribution in [3.05, 3.63) is 22.4 Å². The first kappa shape index (κ1) is 13.2. The van der Waals surface area contributed by atoms with E-state index in [4.69, 9.17) is 5.11 Å². The molecule has 0 aliphatic carbocycles. The fourth-order valence-corrected chi connectivity index (χ4v) is 2.25. The third-order valence-electron chi connectivity index (χ3n) is 2.44. The second kappa shape index (κ2) is 6.66. The third kappa shape index (κ3) is 3.94. The lowest BCUT2D eigenvalue weighted by molar-refractivity contribution is -0.132. The lowest BCUT2D eigenvalue weighted by atomic mass is 10.2. The molecule has 1 N–H and O–H groups in total. The summed E-state index contributed by atoms with van der Waals surface area (Å²) in [6.45, 7) is 4.78. The highest BCUT2D eigenvalue weighted by Crippen LogP contribution is 2.10. The van der Waals surface area contributed by atoms with Crippen LogP contribution in [0.25, 0.3) is 0 Å². The van der Waals surface area contributed by atoms with Crippen molar-refractivity contribution in [1.29, 1.82) is 0 Å². The average molecular weight is 241 g/mol. The quantitative estimate of drug-likeness (QED) is 0.826. The smallest absolute Gasteiger partial charge is 0.227 e. The summed E-state index contributed by atoms with van der Waals surface area (Å²) in [4.78, 5) is 13.8. The fourth-order valence-electron chi connectivity index (χ4n) is 1.58. The number of carbonyl (C=O) groups is 1. The van der Waals surface area contributed by atoms with Gasteiger partial charge in [-0.15, -0.1) is 0 Å².